The van der Waals surface area contributed by atoms with E-state index in [0.29, 0.717) is 11.5 Å². The van der Waals surface area contributed by atoms with Gasteiger partial charge in [0.15, 0.2) is 25.0 Å². The highest BCUT2D eigenvalue weighted by Gasteiger charge is 2.70. The van der Waals surface area contributed by atoms with Crippen LogP contribution in [0.5, 0.6) is 0 Å². The number of rotatable bonds is 12. The van der Waals surface area contributed by atoms with Gasteiger partial charge in [-0.2, -0.15) is 0 Å². The molecule has 0 N–H and O–H groups in total. The highest BCUT2D eigenvalue weighted by Crippen LogP contribution is 2.70. The van der Waals surface area contributed by atoms with Crippen molar-refractivity contribution in [3.63, 3.8) is 0 Å². The largest absolute Gasteiger partial charge is 0.415 e. The highest BCUT2D eigenvalue weighted by atomic mass is 28.4. The summed E-state index contributed by atoms with van der Waals surface area (Å²) < 4.78 is 22.1. The van der Waals surface area contributed by atoms with E-state index in [1.807, 2.05) is 0 Å². The first-order valence-electron chi connectivity index (χ1n) is 19.1. The van der Waals surface area contributed by atoms with E-state index in [1.165, 1.54) is 64.2 Å². The summed E-state index contributed by atoms with van der Waals surface area (Å²) in [6.45, 7) is 36.9. The van der Waals surface area contributed by atoms with Crippen molar-refractivity contribution in [2.24, 2.45) is 52.3 Å². The van der Waals surface area contributed by atoms with E-state index in [0.717, 1.165) is 47.8 Å². The van der Waals surface area contributed by atoms with Gasteiger partial charge in [-0.15, -0.1) is 0 Å². The van der Waals surface area contributed by atoms with Crippen LogP contribution in [-0.2, 0) is 13.3 Å². The van der Waals surface area contributed by atoms with E-state index in [1.54, 1.807) is 0 Å². The summed E-state index contributed by atoms with van der Waals surface area (Å²) >= 11 is 0. The molecule has 0 amide bonds. The Morgan fingerprint density at radius 1 is 0.727 bits per heavy atom. The minimum absolute atomic E-state index is 0.149. The minimum atomic E-state index is -1.88. The van der Waals surface area contributed by atoms with E-state index in [9.17, 15) is 0 Å². The molecular formula is C38H76O3Si3. The van der Waals surface area contributed by atoms with Crippen molar-refractivity contribution in [2.45, 2.75) is 189 Å². The summed E-state index contributed by atoms with van der Waals surface area (Å²) in [5.74, 6) is 5.77. The number of fused-ring (bicyclic) bond motifs is 5. The Labute approximate surface area is 278 Å². The lowest BCUT2D eigenvalue weighted by atomic mass is 9.42. The second kappa shape index (κ2) is 13.1. The molecule has 4 aliphatic rings. The fourth-order valence-electron chi connectivity index (χ4n) is 11.8. The second-order valence-corrected chi connectivity index (χ2v) is 33.5. The van der Waals surface area contributed by atoms with Crippen LogP contribution in [0.3, 0.4) is 0 Å². The summed E-state index contributed by atoms with van der Waals surface area (Å²) in [6.07, 6.45) is 15.0. The second-order valence-electron chi connectivity index (χ2n) is 20.1. The molecule has 44 heavy (non-hydrogen) atoms. The molecule has 11 atom stereocenters. The summed E-state index contributed by atoms with van der Waals surface area (Å²) in [5, 5.41) is 0. The van der Waals surface area contributed by atoms with E-state index in [4.69, 9.17) is 13.3 Å². The standard InChI is InChI=1S/C38H76O3Si3/c1-16-29(27(2)3)18-17-28(4)32-19-20-33-31-25-35(40-43(10,11)12)38(41-44(13,14)15)26-30(39-42(7,8)9)21-24-37(38,6)34(31)22-23-36(32,33)5/h27-35H,16-26H2,1-15H3/t28-,29-,30+,31?,32-,33?,34?,35-,36-,37-,38+/m1/s1. The quantitative estimate of drug-likeness (QED) is 0.194. The topological polar surface area (TPSA) is 27.7 Å². The molecule has 3 unspecified atom stereocenters. The van der Waals surface area contributed by atoms with Crippen LogP contribution in [0.2, 0.25) is 58.9 Å². The van der Waals surface area contributed by atoms with Gasteiger partial charge < -0.3 is 13.3 Å². The Hall–Kier alpha value is 0.531. The van der Waals surface area contributed by atoms with E-state index in [-0.39, 0.29) is 17.1 Å². The maximum atomic E-state index is 7.68. The molecule has 0 radical (unpaired) electrons. The zero-order valence-corrected chi connectivity index (χ0v) is 35.2. The van der Waals surface area contributed by atoms with Crippen molar-refractivity contribution < 1.29 is 13.3 Å². The third-order valence-electron chi connectivity index (χ3n) is 13.5. The van der Waals surface area contributed by atoms with Crippen LogP contribution in [0.4, 0.5) is 0 Å². The van der Waals surface area contributed by atoms with Crippen molar-refractivity contribution in [2.75, 3.05) is 0 Å². The lowest BCUT2D eigenvalue weighted by Gasteiger charge is -2.69. The third-order valence-corrected chi connectivity index (χ3v) is 16.5. The monoisotopic (exact) mass is 665 g/mol. The predicted octanol–water partition coefficient (Wildman–Crippen LogP) is 11.8. The lowest BCUT2D eigenvalue weighted by Crippen LogP contribution is -2.73. The summed E-state index contributed by atoms with van der Waals surface area (Å²) in [5.41, 5.74) is 0.404. The Morgan fingerprint density at radius 2 is 1.36 bits per heavy atom. The molecule has 0 aromatic heterocycles. The molecule has 3 nitrogen and oxygen atoms in total. The molecule has 4 aliphatic carbocycles. The van der Waals surface area contributed by atoms with Gasteiger partial charge in [0.1, 0.15) is 0 Å². The zero-order chi connectivity index (χ0) is 33.1. The van der Waals surface area contributed by atoms with E-state index in [2.05, 4.69) is 100 Å². The normalized spacial score (nSPS) is 41.2. The summed E-state index contributed by atoms with van der Waals surface area (Å²) in [7, 11) is -5.36. The molecule has 0 aromatic rings. The maximum Gasteiger partial charge on any atom is 0.184 e. The van der Waals surface area contributed by atoms with Crippen molar-refractivity contribution in [3.05, 3.63) is 0 Å². The Kier molecular flexibility index (Phi) is 11.1. The smallest absolute Gasteiger partial charge is 0.184 e. The molecule has 0 aliphatic heterocycles. The molecule has 0 bridgehead atoms. The van der Waals surface area contributed by atoms with Crippen molar-refractivity contribution in [1.29, 1.82) is 0 Å². The fraction of sp³-hybridized carbons (Fsp3) is 1.00. The molecule has 4 saturated carbocycles. The van der Waals surface area contributed by atoms with Crippen LogP contribution < -0.4 is 0 Å². The molecule has 6 heteroatoms. The Morgan fingerprint density at radius 3 is 1.91 bits per heavy atom. The van der Waals surface area contributed by atoms with Crippen LogP contribution in [0, 0.1) is 52.3 Å². The van der Waals surface area contributed by atoms with E-state index >= 15 is 0 Å². The van der Waals surface area contributed by atoms with Crippen LogP contribution in [0.25, 0.3) is 0 Å². The van der Waals surface area contributed by atoms with Crippen LogP contribution in [0.15, 0.2) is 0 Å². The van der Waals surface area contributed by atoms with Gasteiger partial charge in [-0.05, 0) is 157 Å². The molecule has 0 aromatic carbocycles. The first-order valence-corrected chi connectivity index (χ1v) is 29.3. The van der Waals surface area contributed by atoms with E-state index < -0.39 is 25.0 Å². The predicted molar refractivity (Wildman–Crippen MR) is 198 cm³/mol. The van der Waals surface area contributed by atoms with Gasteiger partial charge in [0.05, 0.1) is 11.7 Å². The van der Waals surface area contributed by atoms with Crippen molar-refractivity contribution in [1.82, 2.24) is 0 Å². The molecule has 0 spiro atoms. The Balaban J connectivity index is 1.69. The fourth-order valence-corrected chi connectivity index (χ4v) is 15.7. The van der Waals surface area contributed by atoms with Crippen molar-refractivity contribution >= 4 is 25.0 Å². The average molecular weight is 665 g/mol. The number of hydrogen-bond acceptors (Lipinski definition) is 3. The minimum Gasteiger partial charge on any atom is -0.415 e. The van der Waals surface area contributed by atoms with Gasteiger partial charge in [-0.3, -0.25) is 0 Å². The molecule has 4 fully saturated rings. The molecule has 258 valence electrons. The SMILES string of the molecule is CC[C@H](CC[C@@H](C)[C@H]1CCC2C3C[C@@H](O[Si](C)(C)C)[C@@]4(O[Si](C)(C)C)C[C@@H](O[Si](C)(C)C)CC[C@]4(C)C3CC[C@@]21C)C(C)C. The maximum absolute atomic E-state index is 7.68. The van der Waals surface area contributed by atoms with Crippen LogP contribution in [0.1, 0.15) is 112 Å². The first-order chi connectivity index (χ1) is 20.1. The van der Waals surface area contributed by atoms with Gasteiger partial charge in [0, 0.05) is 17.9 Å². The molecule has 0 saturated heterocycles. The summed E-state index contributed by atoms with van der Waals surface area (Å²) in [4.78, 5) is 0. The lowest BCUT2D eigenvalue weighted by molar-refractivity contribution is -0.251. The Bertz CT molecular complexity index is 966. The van der Waals surface area contributed by atoms with Crippen LogP contribution in [-0.4, -0.2) is 42.8 Å². The van der Waals surface area contributed by atoms with Crippen molar-refractivity contribution in [3.8, 4) is 0 Å². The number of hydrogen-bond donors (Lipinski definition) is 0. The average Bonchev–Trinajstić information content (AvgIpc) is 3.20. The molecule has 0 heterocycles. The van der Waals surface area contributed by atoms with Gasteiger partial charge in [-0.25, -0.2) is 0 Å². The van der Waals surface area contributed by atoms with Gasteiger partial charge in [0.2, 0.25) is 0 Å². The van der Waals surface area contributed by atoms with Gasteiger partial charge >= 0.3 is 0 Å². The van der Waals surface area contributed by atoms with Gasteiger partial charge in [-0.1, -0.05) is 54.4 Å². The highest BCUT2D eigenvalue weighted by molar-refractivity contribution is 6.70. The van der Waals surface area contributed by atoms with Gasteiger partial charge in [0.25, 0.3) is 0 Å². The first kappa shape index (κ1) is 37.4. The molecular weight excluding hydrogens is 589 g/mol. The third kappa shape index (κ3) is 7.56. The summed E-state index contributed by atoms with van der Waals surface area (Å²) in [6, 6.07) is 0. The molecule has 4 rings (SSSR count). The zero-order valence-electron chi connectivity index (χ0n) is 32.2. The van der Waals surface area contributed by atoms with Crippen LogP contribution >= 0.6 is 0 Å².